The molecule has 1 heterocycles. The van der Waals surface area contributed by atoms with E-state index >= 15 is 0 Å². The Bertz CT molecular complexity index is 331. The van der Waals surface area contributed by atoms with Gasteiger partial charge in [-0.25, -0.2) is 0 Å². The van der Waals surface area contributed by atoms with E-state index in [9.17, 15) is 9.59 Å². The quantitative estimate of drug-likeness (QED) is 0.762. The molecule has 0 atom stereocenters. The molecule has 2 rings (SSSR count). The third-order valence-electron chi connectivity index (χ3n) is 4.13. The van der Waals surface area contributed by atoms with Gasteiger partial charge in [-0.3, -0.25) is 14.5 Å². The van der Waals surface area contributed by atoms with Crippen LogP contribution in [0.25, 0.3) is 0 Å². The van der Waals surface area contributed by atoms with Crippen LogP contribution < -0.4 is 5.73 Å². The molecule has 0 bridgehead atoms. The number of nitrogens with two attached hydrogens (primary N) is 1. The van der Waals surface area contributed by atoms with E-state index in [0.717, 1.165) is 25.7 Å². The van der Waals surface area contributed by atoms with Crippen molar-refractivity contribution in [2.75, 3.05) is 6.54 Å². The minimum absolute atomic E-state index is 0.0216. The standard InChI is InChI=1S/C14H24N2O2/c1-13(2,15)10-16-11(17)8-14(9-12(16)18)6-4-3-5-7-14/h3-10,15H2,1-2H3. The summed E-state index contributed by atoms with van der Waals surface area (Å²) in [6.07, 6.45) is 6.69. The lowest BCUT2D eigenvalue weighted by Crippen LogP contribution is -2.55. The molecule has 102 valence electrons. The summed E-state index contributed by atoms with van der Waals surface area (Å²) in [5.74, 6) is -0.0432. The number of hydrogen-bond acceptors (Lipinski definition) is 3. The van der Waals surface area contributed by atoms with Crippen molar-refractivity contribution >= 4 is 11.8 Å². The molecule has 1 spiro atoms. The van der Waals surface area contributed by atoms with Gasteiger partial charge in [-0.15, -0.1) is 0 Å². The number of rotatable bonds is 2. The summed E-state index contributed by atoms with van der Waals surface area (Å²) < 4.78 is 0. The normalized spacial score (nSPS) is 24.7. The first-order valence-electron chi connectivity index (χ1n) is 6.94. The second-order valence-corrected chi connectivity index (χ2v) is 6.78. The van der Waals surface area contributed by atoms with Crippen molar-refractivity contribution < 1.29 is 9.59 Å². The lowest BCUT2D eigenvalue weighted by atomic mass is 9.67. The third-order valence-corrected chi connectivity index (χ3v) is 4.13. The summed E-state index contributed by atoms with van der Waals surface area (Å²) in [5.41, 5.74) is 5.38. The first-order chi connectivity index (χ1) is 8.31. The molecule has 0 aromatic carbocycles. The largest absolute Gasteiger partial charge is 0.324 e. The van der Waals surface area contributed by atoms with Crippen LogP contribution in [0.15, 0.2) is 0 Å². The molecule has 2 aliphatic rings. The molecule has 2 fully saturated rings. The predicted octanol–water partition coefficient (Wildman–Crippen LogP) is 1.82. The van der Waals surface area contributed by atoms with E-state index in [0.29, 0.717) is 19.4 Å². The number of imide groups is 1. The predicted molar refractivity (Wildman–Crippen MR) is 69.7 cm³/mol. The van der Waals surface area contributed by atoms with Gasteiger partial charge in [0.25, 0.3) is 0 Å². The maximum Gasteiger partial charge on any atom is 0.229 e. The second kappa shape index (κ2) is 4.65. The molecule has 0 aromatic heterocycles. The summed E-state index contributed by atoms with van der Waals surface area (Å²) in [5, 5.41) is 0. The van der Waals surface area contributed by atoms with Gasteiger partial charge < -0.3 is 5.73 Å². The summed E-state index contributed by atoms with van der Waals surface area (Å²) in [7, 11) is 0. The van der Waals surface area contributed by atoms with Gasteiger partial charge in [0.2, 0.25) is 11.8 Å². The molecule has 1 saturated carbocycles. The van der Waals surface area contributed by atoms with E-state index in [1.807, 2.05) is 13.8 Å². The van der Waals surface area contributed by atoms with Crippen LogP contribution in [0.4, 0.5) is 0 Å². The number of likely N-dealkylation sites (tertiary alicyclic amines) is 1. The van der Waals surface area contributed by atoms with E-state index < -0.39 is 5.54 Å². The number of carbonyl (C=O) groups excluding carboxylic acids is 2. The number of nitrogens with zero attached hydrogens (tertiary/aromatic N) is 1. The van der Waals surface area contributed by atoms with Gasteiger partial charge in [0.05, 0.1) is 0 Å². The highest BCUT2D eigenvalue weighted by molar-refractivity contribution is 5.98. The summed E-state index contributed by atoms with van der Waals surface area (Å²) in [6.45, 7) is 4.03. The van der Waals surface area contributed by atoms with Crippen LogP contribution in [0.2, 0.25) is 0 Å². The first-order valence-corrected chi connectivity index (χ1v) is 6.94. The van der Waals surface area contributed by atoms with Crippen LogP contribution in [0, 0.1) is 5.41 Å². The van der Waals surface area contributed by atoms with Crippen LogP contribution in [0.5, 0.6) is 0 Å². The smallest absolute Gasteiger partial charge is 0.229 e. The molecular weight excluding hydrogens is 228 g/mol. The van der Waals surface area contributed by atoms with E-state index in [1.165, 1.54) is 11.3 Å². The highest BCUT2D eigenvalue weighted by Gasteiger charge is 2.44. The van der Waals surface area contributed by atoms with Crippen molar-refractivity contribution in [1.29, 1.82) is 0 Å². The Morgan fingerprint density at radius 1 is 1.11 bits per heavy atom. The summed E-state index contributed by atoms with van der Waals surface area (Å²) in [4.78, 5) is 25.8. The lowest BCUT2D eigenvalue weighted by molar-refractivity contribution is -0.155. The van der Waals surface area contributed by atoms with Gasteiger partial charge in [-0.1, -0.05) is 19.3 Å². The molecular formula is C14H24N2O2. The molecule has 2 N–H and O–H groups in total. The van der Waals surface area contributed by atoms with E-state index in [4.69, 9.17) is 5.73 Å². The van der Waals surface area contributed by atoms with Crippen molar-refractivity contribution in [3.63, 3.8) is 0 Å². The molecule has 0 unspecified atom stereocenters. The van der Waals surface area contributed by atoms with E-state index in [-0.39, 0.29) is 17.2 Å². The van der Waals surface area contributed by atoms with Crippen molar-refractivity contribution in [3.05, 3.63) is 0 Å². The van der Waals surface area contributed by atoms with E-state index in [2.05, 4.69) is 0 Å². The summed E-state index contributed by atoms with van der Waals surface area (Å²) >= 11 is 0. The zero-order chi connectivity index (χ0) is 13.4. The van der Waals surface area contributed by atoms with Gasteiger partial charge in [-0.05, 0) is 32.1 Å². The molecule has 0 aromatic rings. The maximum absolute atomic E-state index is 12.2. The van der Waals surface area contributed by atoms with Crippen LogP contribution in [-0.4, -0.2) is 28.8 Å². The number of hydrogen-bond donors (Lipinski definition) is 1. The fraction of sp³-hybridized carbons (Fsp3) is 0.857. The molecule has 1 aliphatic heterocycles. The highest BCUT2D eigenvalue weighted by atomic mass is 16.2. The lowest BCUT2D eigenvalue weighted by Gasteiger charge is -2.43. The van der Waals surface area contributed by atoms with Crippen molar-refractivity contribution in [3.8, 4) is 0 Å². The Morgan fingerprint density at radius 2 is 1.61 bits per heavy atom. The number of carbonyl (C=O) groups is 2. The molecule has 4 nitrogen and oxygen atoms in total. The number of amides is 2. The Kier molecular flexibility index (Phi) is 3.49. The highest BCUT2D eigenvalue weighted by Crippen LogP contribution is 2.45. The van der Waals surface area contributed by atoms with Crippen LogP contribution in [-0.2, 0) is 9.59 Å². The van der Waals surface area contributed by atoms with Crippen LogP contribution in [0.3, 0.4) is 0 Å². The molecule has 1 aliphatic carbocycles. The average Bonchev–Trinajstić information content (AvgIpc) is 2.23. The van der Waals surface area contributed by atoms with Crippen molar-refractivity contribution in [2.45, 2.75) is 64.3 Å². The van der Waals surface area contributed by atoms with Crippen LogP contribution >= 0.6 is 0 Å². The molecule has 1 saturated heterocycles. The topological polar surface area (TPSA) is 63.4 Å². The zero-order valence-electron chi connectivity index (χ0n) is 11.5. The SMILES string of the molecule is CC(C)(N)CN1C(=O)CC2(CCCCC2)CC1=O. The minimum Gasteiger partial charge on any atom is -0.324 e. The Balaban J connectivity index is 2.08. The fourth-order valence-electron chi connectivity index (χ4n) is 3.27. The molecule has 2 amide bonds. The fourth-order valence-corrected chi connectivity index (χ4v) is 3.27. The molecule has 0 radical (unpaired) electrons. The van der Waals surface area contributed by atoms with Crippen LogP contribution in [0.1, 0.15) is 58.8 Å². The zero-order valence-corrected chi connectivity index (χ0v) is 11.5. The third kappa shape index (κ3) is 2.91. The van der Waals surface area contributed by atoms with Crippen molar-refractivity contribution in [2.24, 2.45) is 11.1 Å². The number of piperidine rings is 1. The van der Waals surface area contributed by atoms with Gasteiger partial charge in [0.15, 0.2) is 0 Å². The van der Waals surface area contributed by atoms with Crippen molar-refractivity contribution in [1.82, 2.24) is 4.90 Å². The summed E-state index contributed by atoms with van der Waals surface area (Å²) in [6, 6.07) is 0. The van der Waals surface area contributed by atoms with Gasteiger partial charge in [0.1, 0.15) is 0 Å². The average molecular weight is 252 g/mol. The van der Waals surface area contributed by atoms with Gasteiger partial charge >= 0.3 is 0 Å². The Hall–Kier alpha value is -0.900. The minimum atomic E-state index is -0.512. The second-order valence-electron chi connectivity index (χ2n) is 6.78. The van der Waals surface area contributed by atoms with Gasteiger partial charge in [0, 0.05) is 24.9 Å². The molecule has 18 heavy (non-hydrogen) atoms. The molecule has 4 heteroatoms. The Morgan fingerprint density at radius 3 is 2.06 bits per heavy atom. The first kappa shape index (κ1) is 13.5. The van der Waals surface area contributed by atoms with Gasteiger partial charge in [-0.2, -0.15) is 0 Å². The Labute approximate surface area is 109 Å². The van der Waals surface area contributed by atoms with E-state index in [1.54, 1.807) is 0 Å². The maximum atomic E-state index is 12.2. The monoisotopic (exact) mass is 252 g/mol.